The second-order valence-corrected chi connectivity index (χ2v) is 6.39. The highest BCUT2D eigenvalue weighted by Crippen LogP contribution is 2.24. The lowest BCUT2D eigenvalue weighted by molar-refractivity contribution is -0.128. The Morgan fingerprint density at radius 1 is 1.32 bits per heavy atom. The first-order valence-electron chi connectivity index (χ1n) is 7.88. The van der Waals surface area contributed by atoms with Crippen molar-refractivity contribution in [2.45, 2.75) is 70.5 Å². The summed E-state index contributed by atoms with van der Waals surface area (Å²) in [5.74, 6) is 0.759. The third-order valence-electron chi connectivity index (χ3n) is 4.94. The number of piperidine rings is 1. The van der Waals surface area contributed by atoms with Crippen LogP contribution in [0.2, 0.25) is 0 Å². The summed E-state index contributed by atoms with van der Waals surface area (Å²) in [5.41, 5.74) is 5.79. The second kappa shape index (κ2) is 6.71. The van der Waals surface area contributed by atoms with Crippen LogP contribution in [0, 0.1) is 5.92 Å². The molecule has 4 nitrogen and oxygen atoms in total. The Hall–Kier alpha value is -0.610. The molecule has 0 aromatic heterocycles. The van der Waals surface area contributed by atoms with E-state index in [9.17, 15) is 4.79 Å². The third kappa shape index (κ3) is 3.69. The average Bonchev–Trinajstić information content (AvgIpc) is 2.91. The summed E-state index contributed by atoms with van der Waals surface area (Å²) in [6, 6.07) is 0.887. The predicted molar refractivity (Wildman–Crippen MR) is 77.8 cm³/mol. The van der Waals surface area contributed by atoms with E-state index in [2.05, 4.69) is 17.1 Å². The molecule has 1 heterocycles. The third-order valence-corrected chi connectivity index (χ3v) is 4.94. The number of nitrogens with one attached hydrogen (secondary N) is 1. The zero-order valence-corrected chi connectivity index (χ0v) is 12.4. The Balaban J connectivity index is 1.88. The maximum Gasteiger partial charge on any atom is 0.237 e. The number of amides is 1. The number of carbonyl (C=O) groups is 1. The lowest BCUT2D eigenvalue weighted by Gasteiger charge is -2.41. The summed E-state index contributed by atoms with van der Waals surface area (Å²) in [6.07, 6.45) is 7.18. The molecule has 3 N–H and O–H groups in total. The van der Waals surface area contributed by atoms with Crippen LogP contribution in [0.4, 0.5) is 0 Å². The smallest absolute Gasteiger partial charge is 0.237 e. The summed E-state index contributed by atoms with van der Waals surface area (Å²) >= 11 is 0. The summed E-state index contributed by atoms with van der Waals surface area (Å²) in [4.78, 5) is 14.7. The van der Waals surface area contributed by atoms with E-state index < -0.39 is 0 Å². The van der Waals surface area contributed by atoms with Gasteiger partial charge in [-0.15, -0.1) is 0 Å². The maximum absolute atomic E-state index is 12.4. The molecule has 110 valence electrons. The molecule has 1 saturated heterocycles. The van der Waals surface area contributed by atoms with Gasteiger partial charge in [-0.25, -0.2) is 0 Å². The first-order chi connectivity index (χ1) is 9.11. The van der Waals surface area contributed by atoms with E-state index >= 15 is 0 Å². The van der Waals surface area contributed by atoms with Crippen molar-refractivity contribution in [2.24, 2.45) is 11.7 Å². The molecule has 2 rings (SSSR count). The molecule has 1 saturated carbocycles. The van der Waals surface area contributed by atoms with Crippen LogP contribution in [0.25, 0.3) is 0 Å². The molecule has 0 radical (unpaired) electrons. The minimum atomic E-state index is -0.0232. The normalized spacial score (nSPS) is 31.3. The Bertz CT molecular complexity index is 302. The lowest BCUT2D eigenvalue weighted by Crippen LogP contribution is -2.54. The molecule has 0 bridgehead atoms. The van der Waals surface area contributed by atoms with Gasteiger partial charge in [0.1, 0.15) is 0 Å². The van der Waals surface area contributed by atoms with Crippen LogP contribution < -0.4 is 11.1 Å². The number of nitrogens with two attached hydrogens (primary N) is 1. The van der Waals surface area contributed by atoms with E-state index in [0.717, 1.165) is 32.4 Å². The molecule has 1 aliphatic carbocycles. The average molecular weight is 267 g/mol. The molecule has 2 fully saturated rings. The lowest BCUT2D eigenvalue weighted by atomic mass is 9.92. The van der Waals surface area contributed by atoms with Gasteiger partial charge < -0.3 is 11.1 Å². The van der Waals surface area contributed by atoms with E-state index in [1.54, 1.807) is 0 Å². The number of nitrogens with zero attached hydrogens (tertiary/aromatic N) is 1. The molecule has 4 heteroatoms. The van der Waals surface area contributed by atoms with Gasteiger partial charge in [-0.3, -0.25) is 9.69 Å². The Morgan fingerprint density at radius 3 is 2.63 bits per heavy atom. The van der Waals surface area contributed by atoms with E-state index in [4.69, 9.17) is 5.73 Å². The fraction of sp³-hybridized carbons (Fsp3) is 0.933. The molecule has 0 aromatic carbocycles. The highest BCUT2D eigenvalue weighted by Gasteiger charge is 2.32. The van der Waals surface area contributed by atoms with Crippen molar-refractivity contribution in [1.82, 2.24) is 10.2 Å². The van der Waals surface area contributed by atoms with Crippen LogP contribution in [0.15, 0.2) is 0 Å². The van der Waals surface area contributed by atoms with E-state index in [0.29, 0.717) is 18.0 Å². The van der Waals surface area contributed by atoms with Gasteiger partial charge in [0.05, 0.1) is 6.04 Å². The van der Waals surface area contributed by atoms with E-state index in [-0.39, 0.29) is 11.9 Å². The maximum atomic E-state index is 12.4. The zero-order valence-electron chi connectivity index (χ0n) is 12.4. The molecule has 1 aliphatic heterocycles. The SMILES string of the molecule is CC1CCC(CN)CN1C(C)C(=O)NC1CCCC1. The minimum absolute atomic E-state index is 0.0232. The Kier molecular flexibility index (Phi) is 5.22. The Morgan fingerprint density at radius 2 is 2.00 bits per heavy atom. The number of rotatable bonds is 4. The molecule has 0 spiro atoms. The van der Waals surface area contributed by atoms with Crippen LogP contribution >= 0.6 is 0 Å². The molecule has 1 amide bonds. The van der Waals surface area contributed by atoms with Crippen molar-refractivity contribution < 1.29 is 4.79 Å². The van der Waals surface area contributed by atoms with E-state index in [1.165, 1.54) is 19.3 Å². The predicted octanol–water partition coefficient (Wildman–Crippen LogP) is 1.49. The summed E-state index contributed by atoms with van der Waals surface area (Å²) in [6.45, 7) is 5.98. The number of hydrogen-bond acceptors (Lipinski definition) is 3. The minimum Gasteiger partial charge on any atom is -0.352 e. The summed E-state index contributed by atoms with van der Waals surface area (Å²) in [7, 11) is 0. The van der Waals surface area contributed by atoms with Crippen molar-refractivity contribution >= 4 is 5.91 Å². The first kappa shape index (κ1) is 14.8. The largest absolute Gasteiger partial charge is 0.352 e. The molecule has 3 unspecified atom stereocenters. The fourth-order valence-electron chi connectivity index (χ4n) is 3.49. The summed E-state index contributed by atoms with van der Waals surface area (Å²) in [5, 5.41) is 3.22. The van der Waals surface area contributed by atoms with Crippen LogP contribution in [0.3, 0.4) is 0 Å². The fourth-order valence-corrected chi connectivity index (χ4v) is 3.49. The van der Waals surface area contributed by atoms with Gasteiger partial charge >= 0.3 is 0 Å². The number of carbonyl (C=O) groups excluding carboxylic acids is 1. The number of hydrogen-bond donors (Lipinski definition) is 2. The van der Waals surface area contributed by atoms with Gasteiger partial charge in [0, 0.05) is 18.6 Å². The van der Waals surface area contributed by atoms with Crippen LogP contribution in [-0.2, 0) is 4.79 Å². The van der Waals surface area contributed by atoms with Crippen molar-refractivity contribution in [3.63, 3.8) is 0 Å². The molecule has 0 aromatic rings. The highest BCUT2D eigenvalue weighted by atomic mass is 16.2. The standard InChI is InChI=1S/C15H29N3O/c1-11-7-8-13(9-16)10-18(11)12(2)15(19)17-14-5-3-4-6-14/h11-14H,3-10,16H2,1-2H3,(H,17,19). The highest BCUT2D eigenvalue weighted by molar-refractivity contribution is 5.81. The monoisotopic (exact) mass is 267 g/mol. The van der Waals surface area contributed by atoms with Gasteiger partial charge in [-0.05, 0) is 52.0 Å². The quantitative estimate of drug-likeness (QED) is 0.811. The van der Waals surface area contributed by atoms with Crippen molar-refractivity contribution in [3.8, 4) is 0 Å². The molecular formula is C15H29N3O. The molecular weight excluding hydrogens is 238 g/mol. The van der Waals surface area contributed by atoms with Crippen LogP contribution in [-0.4, -0.2) is 42.0 Å². The van der Waals surface area contributed by atoms with Gasteiger partial charge in [0.15, 0.2) is 0 Å². The van der Waals surface area contributed by atoms with Crippen LogP contribution in [0.5, 0.6) is 0 Å². The van der Waals surface area contributed by atoms with E-state index in [1.807, 2.05) is 6.92 Å². The summed E-state index contributed by atoms with van der Waals surface area (Å²) < 4.78 is 0. The van der Waals surface area contributed by atoms with Gasteiger partial charge in [-0.1, -0.05) is 12.8 Å². The van der Waals surface area contributed by atoms with Gasteiger partial charge in [0.25, 0.3) is 0 Å². The van der Waals surface area contributed by atoms with Crippen molar-refractivity contribution in [1.29, 1.82) is 0 Å². The van der Waals surface area contributed by atoms with Gasteiger partial charge in [0.2, 0.25) is 5.91 Å². The molecule has 2 aliphatic rings. The van der Waals surface area contributed by atoms with Crippen molar-refractivity contribution in [3.05, 3.63) is 0 Å². The number of likely N-dealkylation sites (tertiary alicyclic amines) is 1. The Labute approximate surface area is 117 Å². The van der Waals surface area contributed by atoms with Crippen molar-refractivity contribution in [2.75, 3.05) is 13.1 Å². The molecule has 3 atom stereocenters. The second-order valence-electron chi connectivity index (χ2n) is 6.39. The first-order valence-corrected chi connectivity index (χ1v) is 7.88. The molecule has 19 heavy (non-hydrogen) atoms. The topological polar surface area (TPSA) is 58.4 Å². The zero-order chi connectivity index (χ0) is 13.8. The van der Waals surface area contributed by atoms with Gasteiger partial charge in [-0.2, -0.15) is 0 Å². The van der Waals surface area contributed by atoms with Crippen LogP contribution in [0.1, 0.15) is 52.4 Å².